The first kappa shape index (κ1) is 14.8. The fraction of sp³-hybridized carbons (Fsp3) is 0.857. The summed E-state index contributed by atoms with van der Waals surface area (Å²) in [5, 5.41) is 0. The molecule has 0 heterocycles. The van der Waals surface area contributed by atoms with Crippen molar-refractivity contribution >= 4 is 7.28 Å². The van der Waals surface area contributed by atoms with E-state index in [0.29, 0.717) is 10.8 Å². The summed E-state index contributed by atoms with van der Waals surface area (Å²) in [5.41, 5.74) is 0.753. The topological polar surface area (TPSA) is 0 Å². The van der Waals surface area contributed by atoms with E-state index in [4.69, 9.17) is 0 Å². The lowest BCUT2D eigenvalue weighted by Gasteiger charge is -2.39. The van der Waals surface area contributed by atoms with Gasteiger partial charge in [-0.3, -0.25) is 0 Å². The minimum Gasteiger partial charge on any atom is -0.127 e. The van der Waals surface area contributed by atoms with Crippen molar-refractivity contribution < 1.29 is 0 Å². The third-order valence-corrected chi connectivity index (χ3v) is 3.66. The Balaban J connectivity index is 3.80. The van der Waals surface area contributed by atoms with Gasteiger partial charge in [0.2, 0.25) is 0 Å². The molecule has 0 aromatic carbocycles. The second-order valence-corrected chi connectivity index (χ2v) is 6.14. The zero-order valence-corrected chi connectivity index (χ0v) is 11.6. The molecule has 0 N–H and O–H groups in total. The molecule has 0 aliphatic carbocycles. The van der Waals surface area contributed by atoms with Crippen LogP contribution < -0.4 is 0 Å². The third kappa shape index (κ3) is 6.07. The molecule has 0 spiro atoms. The standard InChI is InChI=1S/C14H28B/c1-7-8-9-10-11-15-12-14(5,6)13(2,3)4/h10-11H,7-9,12H2,1-6H3/b11-10+. The van der Waals surface area contributed by atoms with Gasteiger partial charge in [-0.1, -0.05) is 66.8 Å². The van der Waals surface area contributed by atoms with Crippen LogP contribution >= 0.6 is 0 Å². The Labute approximate surface area is 97.8 Å². The van der Waals surface area contributed by atoms with Gasteiger partial charge in [0.15, 0.2) is 0 Å². The van der Waals surface area contributed by atoms with E-state index >= 15 is 0 Å². The molecule has 0 aliphatic rings. The zero-order valence-electron chi connectivity index (χ0n) is 11.6. The van der Waals surface area contributed by atoms with E-state index in [1.807, 2.05) is 0 Å². The molecule has 1 radical (unpaired) electrons. The molecule has 0 saturated carbocycles. The molecule has 1 heteroatoms. The summed E-state index contributed by atoms with van der Waals surface area (Å²) >= 11 is 0. The Bertz CT molecular complexity index is 184. The van der Waals surface area contributed by atoms with Gasteiger partial charge in [0.25, 0.3) is 0 Å². The molecule has 0 saturated heterocycles. The highest BCUT2D eigenvalue weighted by molar-refractivity contribution is 6.42. The van der Waals surface area contributed by atoms with Crippen molar-refractivity contribution in [3.8, 4) is 0 Å². The predicted molar refractivity (Wildman–Crippen MR) is 72.5 cm³/mol. The Hall–Kier alpha value is -0.195. The van der Waals surface area contributed by atoms with Crippen LogP contribution in [0.4, 0.5) is 0 Å². The first-order chi connectivity index (χ1) is 6.81. The van der Waals surface area contributed by atoms with Gasteiger partial charge >= 0.3 is 0 Å². The van der Waals surface area contributed by atoms with Crippen LogP contribution in [0.15, 0.2) is 12.1 Å². The monoisotopic (exact) mass is 207 g/mol. The maximum atomic E-state index is 2.35. The summed E-state index contributed by atoms with van der Waals surface area (Å²) in [6.07, 6.45) is 7.29. The zero-order chi connectivity index (χ0) is 11.9. The van der Waals surface area contributed by atoms with Crippen molar-refractivity contribution in [3.05, 3.63) is 12.1 Å². The molecule has 0 fully saturated rings. The lowest BCUT2D eigenvalue weighted by atomic mass is 9.56. The van der Waals surface area contributed by atoms with Crippen LogP contribution in [-0.4, -0.2) is 7.28 Å². The van der Waals surface area contributed by atoms with Crippen LogP contribution in [0.2, 0.25) is 6.32 Å². The highest BCUT2D eigenvalue weighted by Gasteiger charge is 2.31. The molecular weight excluding hydrogens is 179 g/mol. The van der Waals surface area contributed by atoms with E-state index in [2.05, 4.69) is 60.9 Å². The van der Waals surface area contributed by atoms with E-state index in [-0.39, 0.29) is 0 Å². The van der Waals surface area contributed by atoms with Gasteiger partial charge in [0.1, 0.15) is 7.28 Å². The van der Waals surface area contributed by atoms with Crippen LogP contribution in [0.1, 0.15) is 60.8 Å². The van der Waals surface area contributed by atoms with E-state index in [1.165, 1.54) is 25.6 Å². The fourth-order valence-corrected chi connectivity index (χ4v) is 1.18. The smallest absolute Gasteiger partial charge is 0.127 e. The summed E-state index contributed by atoms with van der Waals surface area (Å²) in [7, 11) is 2.32. The molecule has 0 nitrogen and oxygen atoms in total. The Morgan fingerprint density at radius 1 is 1.07 bits per heavy atom. The highest BCUT2D eigenvalue weighted by Crippen LogP contribution is 2.40. The van der Waals surface area contributed by atoms with Gasteiger partial charge in [-0.25, -0.2) is 0 Å². The lowest BCUT2D eigenvalue weighted by molar-refractivity contribution is 0.157. The number of hydrogen-bond acceptors (Lipinski definition) is 0. The molecule has 0 amide bonds. The molecule has 0 aliphatic heterocycles. The number of unbranched alkanes of at least 4 members (excludes halogenated alkanes) is 2. The van der Waals surface area contributed by atoms with Gasteiger partial charge in [-0.05, 0) is 17.3 Å². The molecule has 0 atom stereocenters. The maximum absolute atomic E-state index is 2.35. The van der Waals surface area contributed by atoms with Crippen molar-refractivity contribution in [1.82, 2.24) is 0 Å². The highest BCUT2D eigenvalue weighted by atomic mass is 14.3. The Morgan fingerprint density at radius 3 is 2.13 bits per heavy atom. The van der Waals surface area contributed by atoms with Crippen molar-refractivity contribution in [2.75, 3.05) is 0 Å². The molecule has 0 rings (SSSR count). The molecule has 0 aromatic rings. The second kappa shape index (κ2) is 6.40. The van der Waals surface area contributed by atoms with Crippen molar-refractivity contribution in [1.29, 1.82) is 0 Å². The average Bonchev–Trinajstić information content (AvgIpc) is 2.09. The summed E-state index contributed by atoms with van der Waals surface area (Å²) in [5.74, 6) is 2.24. The van der Waals surface area contributed by atoms with Crippen LogP contribution in [0.3, 0.4) is 0 Å². The molecule has 15 heavy (non-hydrogen) atoms. The van der Waals surface area contributed by atoms with Crippen molar-refractivity contribution in [2.24, 2.45) is 10.8 Å². The summed E-state index contributed by atoms with van der Waals surface area (Å²) in [6.45, 7) is 13.9. The number of allylic oxidation sites excluding steroid dienone is 1. The Morgan fingerprint density at radius 2 is 1.67 bits per heavy atom. The molecule has 87 valence electrons. The summed E-state index contributed by atoms with van der Waals surface area (Å²) < 4.78 is 0. The van der Waals surface area contributed by atoms with Crippen molar-refractivity contribution in [3.63, 3.8) is 0 Å². The normalized spacial score (nSPS) is 13.5. The van der Waals surface area contributed by atoms with Crippen LogP contribution in [-0.2, 0) is 0 Å². The molecular formula is C14H28B. The first-order valence-corrected chi connectivity index (χ1v) is 6.29. The Kier molecular flexibility index (Phi) is 6.32. The third-order valence-electron chi connectivity index (χ3n) is 3.66. The maximum Gasteiger partial charge on any atom is 0.141 e. The van der Waals surface area contributed by atoms with Crippen LogP contribution in [0, 0.1) is 10.8 Å². The van der Waals surface area contributed by atoms with E-state index in [1.54, 1.807) is 0 Å². The first-order valence-electron chi connectivity index (χ1n) is 6.29. The van der Waals surface area contributed by atoms with Gasteiger partial charge in [-0.2, -0.15) is 0 Å². The largest absolute Gasteiger partial charge is 0.141 e. The summed E-state index contributed by atoms with van der Waals surface area (Å²) in [4.78, 5) is 0. The van der Waals surface area contributed by atoms with Gasteiger partial charge in [0, 0.05) is 0 Å². The van der Waals surface area contributed by atoms with E-state index in [9.17, 15) is 0 Å². The molecule has 0 unspecified atom stereocenters. The summed E-state index contributed by atoms with van der Waals surface area (Å²) in [6, 6.07) is 0. The average molecular weight is 207 g/mol. The quantitative estimate of drug-likeness (QED) is 0.430. The van der Waals surface area contributed by atoms with Gasteiger partial charge in [0.05, 0.1) is 0 Å². The SMILES string of the molecule is CCCC/C=C/[B]CC(C)(C)C(C)(C)C. The second-order valence-electron chi connectivity index (χ2n) is 6.14. The van der Waals surface area contributed by atoms with Crippen LogP contribution in [0.25, 0.3) is 0 Å². The number of hydrogen-bond donors (Lipinski definition) is 0. The van der Waals surface area contributed by atoms with Gasteiger partial charge < -0.3 is 0 Å². The fourth-order valence-electron chi connectivity index (χ4n) is 1.18. The van der Waals surface area contributed by atoms with Crippen LogP contribution in [0.5, 0.6) is 0 Å². The van der Waals surface area contributed by atoms with E-state index in [0.717, 1.165) is 0 Å². The predicted octanol–water partition coefficient (Wildman–Crippen LogP) is 4.89. The van der Waals surface area contributed by atoms with Gasteiger partial charge in [-0.15, -0.1) is 5.98 Å². The van der Waals surface area contributed by atoms with E-state index < -0.39 is 0 Å². The lowest BCUT2D eigenvalue weighted by Crippen LogP contribution is -2.30. The minimum absolute atomic E-state index is 0.376. The van der Waals surface area contributed by atoms with Crippen molar-refractivity contribution in [2.45, 2.75) is 67.1 Å². The minimum atomic E-state index is 0.376. The number of rotatable bonds is 6. The molecule has 0 aromatic heterocycles. The molecule has 0 bridgehead atoms.